The minimum absolute atomic E-state index is 0.0376. The van der Waals surface area contributed by atoms with Crippen LogP contribution >= 0.6 is 0 Å². The first-order chi connectivity index (χ1) is 8.20. The van der Waals surface area contributed by atoms with Crippen LogP contribution in [0.25, 0.3) is 0 Å². The zero-order valence-corrected chi connectivity index (χ0v) is 10.0. The summed E-state index contributed by atoms with van der Waals surface area (Å²) >= 11 is 0. The van der Waals surface area contributed by atoms with Crippen LogP contribution in [-0.4, -0.2) is 26.7 Å². The van der Waals surface area contributed by atoms with Gasteiger partial charge in [-0.3, -0.25) is 0 Å². The highest BCUT2D eigenvalue weighted by Crippen LogP contribution is 2.12. The van der Waals surface area contributed by atoms with E-state index in [9.17, 15) is 0 Å². The van der Waals surface area contributed by atoms with Crippen LogP contribution in [-0.2, 0) is 20.2 Å². The molecule has 0 bridgehead atoms. The maximum Gasteiger partial charge on any atom is 0.129 e. The fraction of sp³-hybridized carbons (Fsp3) is 0.333. The maximum absolute atomic E-state index is 9.05. The van der Waals surface area contributed by atoms with E-state index in [0.717, 1.165) is 11.6 Å². The predicted octanol–water partition coefficient (Wildman–Crippen LogP) is 0.944. The van der Waals surface area contributed by atoms with Crippen LogP contribution < -0.4 is 4.90 Å². The van der Waals surface area contributed by atoms with Gasteiger partial charge in [0.25, 0.3) is 0 Å². The minimum Gasteiger partial charge on any atom is -0.390 e. The molecule has 0 atom stereocenters. The molecule has 0 aliphatic heterocycles. The highest BCUT2D eigenvalue weighted by molar-refractivity contribution is 5.38. The molecule has 90 valence electrons. The normalized spacial score (nSPS) is 10.5. The Hall–Kier alpha value is -1.88. The number of aliphatic hydroxyl groups excluding tert-OH is 1. The van der Waals surface area contributed by atoms with Crippen molar-refractivity contribution >= 4 is 5.82 Å². The van der Waals surface area contributed by atoms with Gasteiger partial charge in [0.2, 0.25) is 0 Å². The Kier molecular flexibility index (Phi) is 3.39. The summed E-state index contributed by atoms with van der Waals surface area (Å²) in [5.74, 6) is 1.81. The van der Waals surface area contributed by atoms with E-state index < -0.39 is 0 Å². The summed E-state index contributed by atoms with van der Waals surface area (Å²) in [7, 11) is 3.92. The van der Waals surface area contributed by atoms with Crippen molar-refractivity contribution in [3.63, 3.8) is 0 Å². The number of rotatable bonds is 4. The van der Waals surface area contributed by atoms with Crippen LogP contribution in [0.2, 0.25) is 0 Å². The largest absolute Gasteiger partial charge is 0.390 e. The standard InChI is InChI=1S/C12H16N4O/c1-15-7-6-13-12(15)8-16(2)11-5-3-4-10(9-17)14-11/h3-7,17H,8-9H2,1-2H3. The third-order valence-electron chi connectivity index (χ3n) is 2.64. The second kappa shape index (κ2) is 4.97. The fourth-order valence-corrected chi connectivity index (χ4v) is 1.61. The van der Waals surface area contributed by atoms with Crippen molar-refractivity contribution in [1.29, 1.82) is 0 Å². The van der Waals surface area contributed by atoms with Gasteiger partial charge < -0.3 is 14.6 Å². The second-order valence-electron chi connectivity index (χ2n) is 3.96. The van der Waals surface area contributed by atoms with Gasteiger partial charge in [0.1, 0.15) is 11.6 Å². The van der Waals surface area contributed by atoms with E-state index in [1.165, 1.54) is 0 Å². The first kappa shape index (κ1) is 11.6. The molecule has 2 rings (SSSR count). The highest BCUT2D eigenvalue weighted by Gasteiger charge is 2.07. The second-order valence-corrected chi connectivity index (χ2v) is 3.96. The summed E-state index contributed by atoms with van der Waals surface area (Å²) in [4.78, 5) is 10.6. The summed E-state index contributed by atoms with van der Waals surface area (Å²) in [5.41, 5.74) is 0.675. The van der Waals surface area contributed by atoms with Gasteiger partial charge in [-0.25, -0.2) is 9.97 Å². The summed E-state index contributed by atoms with van der Waals surface area (Å²) < 4.78 is 1.98. The van der Waals surface area contributed by atoms with Gasteiger partial charge in [-0.15, -0.1) is 0 Å². The lowest BCUT2D eigenvalue weighted by molar-refractivity contribution is 0.277. The summed E-state index contributed by atoms with van der Waals surface area (Å²) in [6.45, 7) is 0.648. The molecule has 17 heavy (non-hydrogen) atoms. The van der Waals surface area contributed by atoms with Crippen molar-refractivity contribution in [3.8, 4) is 0 Å². The number of imidazole rings is 1. The average Bonchev–Trinajstić information content (AvgIpc) is 2.75. The molecular weight excluding hydrogens is 216 g/mol. The third-order valence-corrected chi connectivity index (χ3v) is 2.64. The SMILES string of the molecule is CN(Cc1nccn1C)c1cccc(CO)n1. The van der Waals surface area contributed by atoms with E-state index >= 15 is 0 Å². The molecule has 0 unspecified atom stereocenters. The van der Waals surface area contributed by atoms with Crippen LogP contribution in [0.4, 0.5) is 5.82 Å². The molecule has 0 amide bonds. The van der Waals surface area contributed by atoms with Crippen molar-refractivity contribution < 1.29 is 5.11 Å². The lowest BCUT2D eigenvalue weighted by Gasteiger charge is -2.18. The van der Waals surface area contributed by atoms with Gasteiger partial charge >= 0.3 is 0 Å². The molecule has 2 heterocycles. The van der Waals surface area contributed by atoms with Crippen LogP contribution in [0.1, 0.15) is 11.5 Å². The Balaban J connectivity index is 2.14. The molecule has 5 nitrogen and oxygen atoms in total. The summed E-state index contributed by atoms with van der Waals surface area (Å²) in [6.07, 6.45) is 3.70. The average molecular weight is 232 g/mol. The number of aryl methyl sites for hydroxylation is 1. The number of anilines is 1. The van der Waals surface area contributed by atoms with E-state index in [1.807, 2.05) is 41.9 Å². The lowest BCUT2D eigenvalue weighted by atomic mass is 10.3. The molecule has 5 heteroatoms. The van der Waals surface area contributed by atoms with Crippen LogP contribution in [0.15, 0.2) is 30.6 Å². The molecule has 0 spiro atoms. The van der Waals surface area contributed by atoms with Crippen LogP contribution in [0.5, 0.6) is 0 Å². The topological polar surface area (TPSA) is 54.2 Å². The number of pyridine rings is 1. The quantitative estimate of drug-likeness (QED) is 0.852. The smallest absolute Gasteiger partial charge is 0.129 e. The van der Waals surface area contributed by atoms with E-state index in [2.05, 4.69) is 9.97 Å². The number of hydrogen-bond donors (Lipinski definition) is 1. The Morgan fingerprint density at radius 1 is 1.41 bits per heavy atom. The highest BCUT2D eigenvalue weighted by atomic mass is 16.3. The minimum atomic E-state index is -0.0376. The zero-order valence-electron chi connectivity index (χ0n) is 10.0. The van der Waals surface area contributed by atoms with Crippen molar-refractivity contribution in [2.75, 3.05) is 11.9 Å². The zero-order chi connectivity index (χ0) is 12.3. The Labute approximate surface area is 100 Å². The fourth-order valence-electron chi connectivity index (χ4n) is 1.61. The Morgan fingerprint density at radius 3 is 2.88 bits per heavy atom. The maximum atomic E-state index is 9.05. The van der Waals surface area contributed by atoms with Crippen LogP contribution in [0.3, 0.4) is 0 Å². The first-order valence-electron chi connectivity index (χ1n) is 5.45. The molecule has 0 radical (unpaired) electrons. The van der Waals surface area contributed by atoms with Gasteiger partial charge in [-0.05, 0) is 12.1 Å². The van der Waals surface area contributed by atoms with E-state index in [-0.39, 0.29) is 6.61 Å². The van der Waals surface area contributed by atoms with Crippen molar-refractivity contribution in [2.24, 2.45) is 7.05 Å². The number of nitrogens with zero attached hydrogens (tertiary/aromatic N) is 4. The molecule has 0 aliphatic rings. The number of aliphatic hydroxyl groups is 1. The predicted molar refractivity (Wildman–Crippen MR) is 65.5 cm³/mol. The van der Waals surface area contributed by atoms with Crippen LogP contribution in [0, 0.1) is 0 Å². The number of hydrogen-bond acceptors (Lipinski definition) is 4. The molecule has 0 aromatic carbocycles. The van der Waals surface area contributed by atoms with Gasteiger partial charge in [0, 0.05) is 26.5 Å². The Bertz CT molecular complexity index is 495. The first-order valence-corrected chi connectivity index (χ1v) is 5.45. The monoisotopic (exact) mass is 232 g/mol. The van der Waals surface area contributed by atoms with Gasteiger partial charge in [-0.2, -0.15) is 0 Å². The molecule has 0 fully saturated rings. The van der Waals surface area contributed by atoms with E-state index in [0.29, 0.717) is 12.2 Å². The van der Waals surface area contributed by atoms with Crippen molar-refractivity contribution in [1.82, 2.24) is 14.5 Å². The molecule has 2 aromatic rings. The van der Waals surface area contributed by atoms with Gasteiger partial charge in [0.05, 0.1) is 18.8 Å². The lowest BCUT2D eigenvalue weighted by Crippen LogP contribution is -2.20. The van der Waals surface area contributed by atoms with Crippen molar-refractivity contribution in [2.45, 2.75) is 13.2 Å². The molecular formula is C12H16N4O. The molecule has 0 saturated heterocycles. The Morgan fingerprint density at radius 2 is 2.24 bits per heavy atom. The third kappa shape index (κ3) is 2.62. The van der Waals surface area contributed by atoms with E-state index in [1.54, 1.807) is 12.3 Å². The number of aromatic nitrogens is 3. The summed E-state index contributed by atoms with van der Waals surface area (Å²) in [5, 5.41) is 9.05. The van der Waals surface area contributed by atoms with E-state index in [4.69, 9.17) is 5.11 Å². The van der Waals surface area contributed by atoms with Crippen molar-refractivity contribution in [3.05, 3.63) is 42.1 Å². The van der Waals surface area contributed by atoms with Gasteiger partial charge in [-0.1, -0.05) is 6.07 Å². The molecule has 1 N–H and O–H groups in total. The molecule has 2 aromatic heterocycles. The summed E-state index contributed by atoms with van der Waals surface area (Å²) in [6, 6.07) is 5.61. The molecule has 0 saturated carbocycles. The van der Waals surface area contributed by atoms with Gasteiger partial charge in [0.15, 0.2) is 0 Å². The molecule has 0 aliphatic carbocycles.